The molecule has 0 heterocycles. The first kappa shape index (κ1) is 13.9. The van der Waals surface area contributed by atoms with Crippen LogP contribution in [0.3, 0.4) is 0 Å². The van der Waals surface area contributed by atoms with E-state index < -0.39 is 0 Å². The maximum atomic E-state index is 3.53. The highest BCUT2D eigenvalue weighted by Gasteiger charge is 2.15. The second-order valence-electron chi connectivity index (χ2n) is 4.48. The molecule has 1 aliphatic rings. The normalized spacial score (nSPS) is 18.9. The summed E-state index contributed by atoms with van der Waals surface area (Å²) in [6.45, 7) is 5.16. The Labute approximate surface area is 105 Å². The third-order valence-electron chi connectivity index (χ3n) is 3.10. The van der Waals surface area contributed by atoms with Crippen LogP contribution in [0.2, 0.25) is 0 Å². The van der Waals surface area contributed by atoms with E-state index in [-0.39, 0.29) is 0 Å². The minimum atomic E-state index is 0.587. The van der Waals surface area contributed by atoms with E-state index in [4.69, 9.17) is 0 Å². The summed E-state index contributed by atoms with van der Waals surface area (Å²) in [5.41, 5.74) is 0. The second-order valence-corrected chi connectivity index (χ2v) is 5.81. The summed E-state index contributed by atoms with van der Waals surface area (Å²) in [6.07, 6.45) is 8.21. The highest BCUT2D eigenvalue weighted by molar-refractivity contribution is 7.99. The molecule has 0 radical (unpaired) electrons. The molecule has 16 heavy (non-hydrogen) atoms. The molecule has 0 bridgehead atoms. The van der Waals surface area contributed by atoms with Crippen LogP contribution in [-0.2, 0) is 0 Å². The van der Waals surface area contributed by atoms with Gasteiger partial charge in [0, 0.05) is 23.5 Å². The molecule has 0 spiro atoms. The highest BCUT2D eigenvalue weighted by atomic mass is 32.2. The fourth-order valence-corrected chi connectivity index (χ4v) is 3.59. The van der Waals surface area contributed by atoms with Crippen LogP contribution in [0.25, 0.3) is 0 Å². The van der Waals surface area contributed by atoms with Gasteiger partial charge in [-0.2, -0.15) is 11.8 Å². The predicted octanol–water partition coefficient (Wildman–Crippen LogP) is 3.44. The Morgan fingerprint density at radius 1 is 1.31 bits per heavy atom. The van der Waals surface area contributed by atoms with Crippen molar-refractivity contribution in [1.29, 1.82) is 0 Å². The van der Waals surface area contributed by atoms with Crippen LogP contribution in [0.4, 0.5) is 0 Å². The lowest BCUT2D eigenvalue weighted by Crippen LogP contribution is -2.31. The molecule has 0 aromatic rings. The summed E-state index contributed by atoms with van der Waals surface area (Å²) in [4.78, 5) is 0. The summed E-state index contributed by atoms with van der Waals surface area (Å²) in [6, 6.07) is 0.587. The standard InChI is InChI=1S/C14H25NS/c1-3-5-9-13(15-4-2)12-16-14-10-7-6-8-11-14/h13-15H,4,6-12H2,1-2H3. The van der Waals surface area contributed by atoms with Crippen molar-refractivity contribution in [2.24, 2.45) is 0 Å². The molecule has 0 aliphatic heterocycles. The van der Waals surface area contributed by atoms with Crippen LogP contribution >= 0.6 is 11.8 Å². The molecule has 1 rings (SSSR count). The van der Waals surface area contributed by atoms with Crippen LogP contribution in [0.15, 0.2) is 0 Å². The summed E-state index contributed by atoms with van der Waals surface area (Å²) in [7, 11) is 0. The van der Waals surface area contributed by atoms with Crippen molar-refractivity contribution < 1.29 is 0 Å². The molecule has 0 aromatic carbocycles. The average molecular weight is 239 g/mol. The zero-order valence-electron chi connectivity index (χ0n) is 10.7. The van der Waals surface area contributed by atoms with E-state index in [1.165, 1.54) is 37.9 Å². The minimum Gasteiger partial charge on any atom is -0.312 e. The number of rotatable bonds is 6. The lowest BCUT2D eigenvalue weighted by molar-refractivity contribution is 0.513. The Morgan fingerprint density at radius 2 is 2.06 bits per heavy atom. The molecule has 1 unspecified atom stereocenters. The zero-order chi connectivity index (χ0) is 11.6. The molecule has 1 aliphatic carbocycles. The van der Waals surface area contributed by atoms with Gasteiger partial charge in [-0.1, -0.05) is 26.2 Å². The van der Waals surface area contributed by atoms with E-state index >= 15 is 0 Å². The van der Waals surface area contributed by atoms with E-state index in [1.807, 2.05) is 6.92 Å². The molecule has 0 amide bonds. The maximum Gasteiger partial charge on any atom is 0.0267 e. The van der Waals surface area contributed by atoms with Gasteiger partial charge >= 0.3 is 0 Å². The number of thioether (sulfide) groups is 1. The molecule has 0 saturated heterocycles. The molecule has 1 fully saturated rings. The molecule has 1 N–H and O–H groups in total. The first-order valence-corrected chi connectivity index (χ1v) is 7.66. The molecular formula is C14H25NS. The van der Waals surface area contributed by atoms with E-state index in [0.717, 1.165) is 18.2 Å². The summed E-state index contributed by atoms with van der Waals surface area (Å²) in [5.74, 6) is 7.42. The topological polar surface area (TPSA) is 12.0 Å². The molecule has 92 valence electrons. The van der Waals surface area contributed by atoms with Gasteiger partial charge in [-0.25, -0.2) is 0 Å². The van der Waals surface area contributed by atoms with Gasteiger partial charge in [-0.05, 0) is 26.3 Å². The molecule has 1 atom stereocenters. The van der Waals surface area contributed by atoms with Crippen molar-refractivity contribution in [2.75, 3.05) is 12.3 Å². The van der Waals surface area contributed by atoms with Crippen molar-refractivity contribution in [1.82, 2.24) is 5.32 Å². The fraction of sp³-hybridized carbons (Fsp3) is 0.857. The van der Waals surface area contributed by atoms with Crippen LogP contribution in [0.1, 0.15) is 52.4 Å². The summed E-state index contributed by atoms with van der Waals surface area (Å²) >= 11 is 2.17. The van der Waals surface area contributed by atoms with Gasteiger partial charge in [0.2, 0.25) is 0 Å². The minimum absolute atomic E-state index is 0.587. The van der Waals surface area contributed by atoms with Crippen molar-refractivity contribution in [3.63, 3.8) is 0 Å². The highest BCUT2D eigenvalue weighted by Crippen LogP contribution is 2.28. The quantitative estimate of drug-likeness (QED) is 0.713. The molecule has 1 saturated carbocycles. The average Bonchev–Trinajstić information content (AvgIpc) is 2.34. The number of nitrogens with one attached hydrogen (secondary N) is 1. The fourth-order valence-electron chi connectivity index (χ4n) is 2.19. The molecule has 1 nitrogen and oxygen atoms in total. The van der Waals surface area contributed by atoms with Gasteiger partial charge in [0.15, 0.2) is 0 Å². The van der Waals surface area contributed by atoms with E-state index in [2.05, 4.69) is 35.8 Å². The Balaban J connectivity index is 2.20. The number of hydrogen-bond donors (Lipinski definition) is 1. The van der Waals surface area contributed by atoms with Gasteiger partial charge in [0.1, 0.15) is 0 Å². The van der Waals surface area contributed by atoms with E-state index in [0.29, 0.717) is 6.04 Å². The smallest absolute Gasteiger partial charge is 0.0267 e. The second kappa shape index (κ2) is 8.96. The van der Waals surface area contributed by atoms with Gasteiger partial charge in [0.25, 0.3) is 0 Å². The third-order valence-corrected chi connectivity index (χ3v) is 4.64. The first-order valence-electron chi connectivity index (χ1n) is 6.61. The van der Waals surface area contributed by atoms with Crippen molar-refractivity contribution in [2.45, 2.75) is 63.7 Å². The van der Waals surface area contributed by atoms with Gasteiger partial charge < -0.3 is 5.32 Å². The lowest BCUT2D eigenvalue weighted by atomic mass is 10.0. The monoisotopic (exact) mass is 239 g/mol. The van der Waals surface area contributed by atoms with Crippen LogP contribution in [-0.4, -0.2) is 23.6 Å². The SMILES string of the molecule is CC#CCC(CSC1CCCCC1)NCC. The van der Waals surface area contributed by atoms with Crippen LogP contribution in [0.5, 0.6) is 0 Å². The first-order chi connectivity index (χ1) is 7.86. The van der Waals surface area contributed by atoms with Crippen LogP contribution < -0.4 is 5.32 Å². The van der Waals surface area contributed by atoms with E-state index in [9.17, 15) is 0 Å². The maximum absolute atomic E-state index is 3.53. The van der Waals surface area contributed by atoms with E-state index in [1.54, 1.807) is 0 Å². The third kappa shape index (κ3) is 5.82. The van der Waals surface area contributed by atoms with Crippen molar-refractivity contribution in [3.8, 4) is 11.8 Å². The van der Waals surface area contributed by atoms with Crippen molar-refractivity contribution in [3.05, 3.63) is 0 Å². The molecular weight excluding hydrogens is 214 g/mol. The Morgan fingerprint density at radius 3 is 2.69 bits per heavy atom. The van der Waals surface area contributed by atoms with Crippen molar-refractivity contribution >= 4 is 11.8 Å². The lowest BCUT2D eigenvalue weighted by Gasteiger charge is -2.23. The Kier molecular flexibility index (Phi) is 7.80. The number of hydrogen-bond acceptors (Lipinski definition) is 2. The molecule has 2 heteroatoms. The molecule has 0 aromatic heterocycles. The van der Waals surface area contributed by atoms with Gasteiger partial charge in [-0.15, -0.1) is 11.8 Å². The largest absolute Gasteiger partial charge is 0.312 e. The summed E-state index contributed by atoms with van der Waals surface area (Å²) < 4.78 is 0. The zero-order valence-corrected chi connectivity index (χ0v) is 11.5. The van der Waals surface area contributed by atoms with Crippen LogP contribution in [0, 0.1) is 11.8 Å². The summed E-state index contributed by atoms with van der Waals surface area (Å²) in [5, 5.41) is 4.45. The predicted molar refractivity (Wildman–Crippen MR) is 74.9 cm³/mol. The Hall–Kier alpha value is -0.130. The van der Waals surface area contributed by atoms with Gasteiger partial charge in [-0.3, -0.25) is 0 Å². The van der Waals surface area contributed by atoms with Gasteiger partial charge in [0.05, 0.1) is 0 Å². The Bertz CT molecular complexity index is 223.